The lowest BCUT2D eigenvalue weighted by Crippen LogP contribution is -2.52. The summed E-state index contributed by atoms with van der Waals surface area (Å²) in [6.07, 6.45) is 0. The zero-order valence-electron chi connectivity index (χ0n) is 13.4. The number of carbonyl (C=O) groups excluding carboxylic acids is 1. The molecule has 2 heterocycles. The lowest BCUT2D eigenvalue weighted by molar-refractivity contribution is -0.121. The highest BCUT2D eigenvalue weighted by Gasteiger charge is 2.25. The Bertz CT molecular complexity index is 606. The van der Waals surface area contributed by atoms with E-state index in [1.165, 1.54) is 5.56 Å². The van der Waals surface area contributed by atoms with Crippen LogP contribution in [0.2, 0.25) is 0 Å². The standard InChI is InChI=1S/C18H23N3OS/c1-15(18(22)19-17-5-3-2-4-6-17)21-10-8-20(9-11-21)13-16-7-12-23-14-16/h2-7,12,14-15H,8-11,13H2,1H3,(H,19,22)/t15-/m0/s1. The fourth-order valence-corrected chi connectivity index (χ4v) is 3.54. The molecule has 2 aromatic rings. The molecule has 1 aliphatic rings. The van der Waals surface area contributed by atoms with Crippen LogP contribution in [0.15, 0.2) is 47.2 Å². The molecule has 1 N–H and O–H groups in total. The summed E-state index contributed by atoms with van der Waals surface area (Å²) in [5.41, 5.74) is 2.25. The highest BCUT2D eigenvalue weighted by atomic mass is 32.1. The van der Waals surface area contributed by atoms with Gasteiger partial charge in [0.05, 0.1) is 6.04 Å². The maximum absolute atomic E-state index is 12.4. The van der Waals surface area contributed by atoms with Crippen molar-refractivity contribution in [1.82, 2.24) is 9.80 Å². The predicted molar refractivity (Wildman–Crippen MR) is 95.7 cm³/mol. The number of benzene rings is 1. The second-order valence-electron chi connectivity index (χ2n) is 5.97. The number of hydrogen-bond donors (Lipinski definition) is 1. The minimum absolute atomic E-state index is 0.0717. The van der Waals surface area contributed by atoms with Crippen LogP contribution < -0.4 is 5.32 Å². The second kappa shape index (κ2) is 7.73. The van der Waals surface area contributed by atoms with Crippen LogP contribution in [0.5, 0.6) is 0 Å². The number of piperazine rings is 1. The van der Waals surface area contributed by atoms with Crippen LogP contribution in [0, 0.1) is 0 Å². The first-order chi connectivity index (χ1) is 11.2. The van der Waals surface area contributed by atoms with E-state index in [1.54, 1.807) is 11.3 Å². The lowest BCUT2D eigenvalue weighted by Gasteiger charge is -2.37. The minimum atomic E-state index is -0.0986. The number of carbonyl (C=O) groups is 1. The van der Waals surface area contributed by atoms with Crippen LogP contribution in [-0.2, 0) is 11.3 Å². The van der Waals surface area contributed by atoms with Crippen LogP contribution in [0.3, 0.4) is 0 Å². The number of nitrogens with one attached hydrogen (secondary N) is 1. The maximum Gasteiger partial charge on any atom is 0.241 e. The monoisotopic (exact) mass is 329 g/mol. The summed E-state index contributed by atoms with van der Waals surface area (Å²) in [4.78, 5) is 17.1. The Balaban J connectivity index is 1.47. The predicted octanol–water partition coefficient (Wildman–Crippen LogP) is 2.89. The summed E-state index contributed by atoms with van der Waals surface area (Å²) in [5, 5.41) is 7.33. The molecule has 5 heteroatoms. The first kappa shape index (κ1) is 16.2. The van der Waals surface area contributed by atoms with Crippen molar-refractivity contribution < 1.29 is 4.79 Å². The lowest BCUT2D eigenvalue weighted by atomic mass is 10.2. The molecule has 0 spiro atoms. The molecule has 3 rings (SSSR count). The van der Waals surface area contributed by atoms with E-state index in [2.05, 4.69) is 31.9 Å². The molecular weight excluding hydrogens is 306 g/mol. The summed E-state index contributed by atoms with van der Waals surface area (Å²) in [6.45, 7) is 6.91. The van der Waals surface area contributed by atoms with Gasteiger partial charge < -0.3 is 5.32 Å². The molecule has 0 bridgehead atoms. The quantitative estimate of drug-likeness (QED) is 0.916. The third-order valence-corrected chi connectivity index (χ3v) is 5.09. The Morgan fingerprint density at radius 1 is 1.17 bits per heavy atom. The molecule has 1 aromatic carbocycles. The molecule has 1 fully saturated rings. The van der Waals surface area contributed by atoms with Crippen molar-refractivity contribution >= 4 is 22.9 Å². The average molecular weight is 329 g/mol. The van der Waals surface area contributed by atoms with E-state index in [-0.39, 0.29) is 11.9 Å². The normalized spacial score (nSPS) is 17.8. The molecule has 122 valence electrons. The highest BCUT2D eigenvalue weighted by Crippen LogP contribution is 2.14. The Kier molecular flexibility index (Phi) is 5.43. The third kappa shape index (κ3) is 4.41. The summed E-state index contributed by atoms with van der Waals surface area (Å²) >= 11 is 1.75. The van der Waals surface area contributed by atoms with Crippen molar-refractivity contribution in [3.63, 3.8) is 0 Å². The van der Waals surface area contributed by atoms with Crippen LogP contribution >= 0.6 is 11.3 Å². The van der Waals surface area contributed by atoms with E-state index in [1.807, 2.05) is 37.3 Å². The van der Waals surface area contributed by atoms with Gasteiger partial charge in [-0.3, -0.25) is 14.6 Å². The number of hydrogen-bond acceptors (Lipinski definition) is 4. The van der Waals surface area contributed by atoms with Crippen molar-refractivity contribution in [2.45, 2.75) is 19.5 Å². The molecule has 1 aromatic heterocycles. The van der Waals surface area contributed by atoms with Crippen molar-refractivity contribution in [2.24, 2.45) is 0 Å². The molecule has 1 aliphatic heterocycles. The molecule has 0 radical (unpaired) electrons. The molecule has 0 unspecified atom stereocenters. The molecule has 1 saturated heterocycles. The van der Waals surface area contributed by atoms with E-state index in [9.17, 15) is 4.79 Å². The average Bonchev–Trinajstić information content (AvgIpc) is 3.09. The molecule has 4 nitrogen and oxygen atoms in total. The van der Waals surface area contributed by atoms with E-state index < -0.39 is 0 Å². The van der Waals surface area contributed by atoms with Gasteiger partial charge in [0.25, 0.3) is 0 Å². The smallest absolute Gasteiger partial charge is 0.241 e. The number of rotatable bonds is 5. The van der Waals surface area contributed by atoms with Crippen molar-refractivity contribution in [1.29, 1.82) is 0 Å². The highest BCUT2D eigenvalue weighted by molar-refractivity contribution is 7.07. The number of nitrogens with zero attached hydrogens (tertiary/aromatic N) is 2. The first-order valence-corrected chi connectivity index (χ1v) is 9.00. The number of thiophene rings is 1. The van der Waals surface area contributed by atoms with Crippen molar-refractivity contribution in [3.05, 3.63) is 52.7 Å². The summed E-state index contributed by atoms with van der Waals surface area (Å²) in [7, 11) is 0. The molecule has 1 amide bonds. The van der Waals surface area contributed by atoms with Crippen molar-refractivity contribution in [3.8, 4) is 0 Å². The van der Waals surface area contributed by atoms with E-state index in [0.717, 1.165) is 38.4 Å². The van der Waals surface area contributed by atoms with Gasteiger partial charge in [-0.15, -0.1) is 0 Å². The fraction of sp³-hybridized carbons (Fsp3) is 0.389. The van der Waals surface area contributed by atoms with Gasteiger partial charge in [-0.05, 0) is 41.4 Å². The zero-order valence-corrected chi connectivity index (χ0v) is 14.3. The van der Waals surface area contributed by atoms with Crippen LogP contribution in [0.25, 0.3) is 0 Å². The van der Waals surface area contributed by atoms with Gasteiger partial charge in [0.1, 0.15) is 0 Å². The maximum atomic E-state index is 12.4. The topological polar surface area (TPSA) is 35.6 Å². The van der Waals surface area contributed by atoms with Crippen LogP contribution in [-0.4, -0.2) is 47.9 Å². The minimum Gasteiger partial charge on any atom is -0.325 e. The van der Waals surface area contributed by atoms with Gasteiger partial charge in [0.2, 0.25) is 5.91 Å². The molecule has 0 saturated carbocycles. The number of anilines is 1. The first-order valence-electron chi connectivity index (χ1n) is 8.06. The third-order valence-electron chi connectivity index (χ3n) is 4.36. The summed E-state index contributed by atoms with van der Waals surface area (Å²) in [5.74, 6) is 0.0717. The Labute approximate surface area is 141 Å². The van der Waals surface area contributed by atoms with Crippen LogP contribution in [0.1, 0.15) is 12.5 Å². The number of amides is 1. The summed E-state index contributed by atoms with van der Waals surface area (Å²) in [6, 6.07) is 11.7. The Hall–Kier alpha value is -1.69. The van der Waals surface area contributed by atoms with Gasteiger partial charge in [0, 0.05) is 38.4 Å². The van der Waals surface area contributed by atoms with Gasteiger partial charge in [-0.1, -0.05) is 18.2 Å². The van der Waals surface area contributed by atoms with Crippen LogP contribution in [0.4, 0.5) is 5.69 Å². The van der Waals surface area contributed by atoms with E-state index in [4.69, 9.17) is 0 Å². The van der Waals surface area contributed by atoms with E-state index in [0.29, 0.717) is 0 Å². The second-order valence-corrected chi connectivity index (χ2v) is 6.75. The molecule has 1 atom stereocenters. The fourth-order valence-electron chi connectivity index (χ4n) is 2.88. The van der Waals surface area contributed by atoms with Gasteiger partial charge in [0.15, 0.2) is 0 Å². The summed E-state index contributed by atoms with van der Waals surface area (Å²) < 4.78 is 0. The Morgan fingerprint density at radius 3 is 2.57 bits per heavy atom. The van der Waals surface area contributed by atoms with E-state index >= 15 is 0 Å². The van der Waals surface area contributed by atoms with Crippen molar-refractivity contribution in [2.75, 3.05) is 31.5 Å². The molecule has 23 heavy (non-hydrogen) atoms. The van der Waals surface area contributed by atoms with Gasteiger partial charge in [-0.2, -0.15) is 11.3 Å². The SMILES string of the molecule is C[C@@H](C(=O)Nc1ccccc1)N1CCN(Cc2ccsc2)CC1. The molecular formula is C18H23N3OS. The molecule has 0 aliphatic carbocycles. The Morgan fingerprint density at radius 2 is 1.91 bits per heavy atom. The number of para-hydroxylation sites is 1. The largest absolute Gasteiger partial charge is 0.325 e. The van der Waals surface area contributed by atoms with Gasteiger partial charge >= 0.3 is 0 Å². The zero-order chi connectivity index (χ0) is 16.1. The van der Waals surface area contributed by atoms with Gasteiger partial charge in [-0.25, -0.2) is 0 Å².